The highest BCUT2D eigenvalue weighted by Gasteiger charge is 2.23. The fourth-order valence-corrected chi connectivity index (χ4v) is 3.80. The lowest BCUT2D eigenvalue weighted by Gasteiger charge is -2.24. The number of fused-ring (bicyclic) bond motifs is 3. The number of hydrogen-bond acceptors (Lipinski definition) is 2. The summed E-state index contributed by atoms with van der Waals surface area (Å²) < 4.78 is 19.5. The molecule has 142 valence electrons. The van der Waals surface area contributed by atoms with Crippen molar-refractivity contribution in [3.8, 4) is 39.4 Å². The predicted octanol–water partition coefficient (Wildman–Crippen LogP) is 6.73. The van der Waals surface area contributed by atoms with Gasteiger partial charge < -0.3 is 4.74 Å². The highest BCUT2D eigenvalue weighted by atomic mass is 19.1. The van der Waals surface area contributed by atoms with Crippen molar-refractivity contribution in [2.75, 3.05) is 0 Å². The molecule has 1 aliphatic heterocycles. The maximum Gasteiger partial charge on any atom is 0.129 e. The Morgan fingerprint density at radius 3 is 2.21 bits per heavy atom. The number of hydrogen-bond donors (Lipinski definition) is 0. The van der Waals surface area contributed by atoms with Crippen LogP contribution in [0.4, 0.5) is 4.39 Å². The van der Waals surface area contributed by atoms with Crippen molar-refractivity contribution >= 4 is 0 Å². The van der Waals surface area contributed by atoms with Crippen LogP contribution >= 0.6 is 0 Å². The zero-order valence-electron chi connectivity index (χ0n) is 16.4. The number of aryl methyl sites for hydroxylation is 2. The molecule has 1 aliphatic rings. The number of benzene rings is 3. The van der Waals surface area contributed by atoms with Crippen LogP contribution in [0.5, 0.6) is 5.75 Å². The topological polar surface area (TPSA) is 22.1 Å². The zero-order chi connectivity index (χ0) is 20.0. The first-order valence-electron chi connectivity index (χ1n) is 9.69. The first kappa shape index (κ1) is 17.6. The molecule has 0 spiro atoms. The molecule has 0 fully saturated rings. The largest absolute Gasteiger partial charge is 0.488 e. The van der Waals surface area contributed by atoms with E-state index in [1.165, 1.54) is 17.7 Å². The van der Waals surface area contributed by atoms with Gasteiger partial charge in [0.2, 0.25) is 0 Å². The fraction of sp³-hybridized carbons (Fsp3) is 0.115. The summed E-state index contributed by atoms with van der Waals surface area (Å²) in [4.78, 5) is 5.00. The minimum Gasteiger partial charge on any atom is -0.488 e. The van der Waals surface area contributed by atoms with E-state index in [4.69, 9.17) is 9.72 Å². The van der Waals surface area contributed by atoms with Crippen LogP contribution in [0.3, 0.4) is 0 Å². The Kier molecular flexibility index (Phi) is 4.17. The van der Waals surface area contributed by atoms with E-state index in [2.05, 4.69) is 56.3 Å². The van der Waals surface area contributed by atoms with Crippen molar-refractivity contribution in [1.29, 1.82) is 0 Å². The maximum absolute atomic E-state index is 13.5. The summed E-state index contributed by atoms with van der Waals surface area (Å²) in [6.45, 7) is 4.63. The van der Waals surface area contributed by atoms with Crippen LogP contribution in [0, 0.1) is 19.7 Å². The minimum atomic E-state index is -0.250. The van der Waals surface area contributed by atoms with E-state index in [1.807, 2.05) is 6.07 Å². The van der Waals surface area contributed by atoms with E-state index in [9.17, 15) is 4.39 Å². The van der Waals surface area contributed by atoms with E-state index in [0.717, 1.165) is 50.5 Å². The summed E-state index contributed by atoms with van der Waals surface area (Å²) in [6.07, 6.45) is 0. The van der Waals surface area contributed by atoms with Gasteiger partial charge in [-0.25, -0.2) is 9.37 Å². The van der Waals surface area contributed by atoms with Gasteiger partial charge in [0.25, 0.3) is 0 Å². The molecule has 0 unspecified atom stereocenters. The summed E-state index contributed by atoms with van der Waals surface area (Å²) in [5.74, 6) is 0.599. The van der Waals surface area contributed by atoms with E-state index in [-0.39, 0.29) is 5.82 Å². The third-order valence-corrected chi connectivity index (χ3v) is 5.39. The molecule has 29 heavy (non-hydrogen) atoms. The molecule has 0 saturated carbocycles. The van der Waals surface area contributed by atoms with Crippen molar-refractivity contribution < 1.29 is 9.13 Å². The van der Waals surface area contributed by atoms with Crippen molar-refractivity contribution in [3.63, 3.8) is 0 Å². The molecule has 0 radical (unpaired) electrons. The van der Waals surface area contributed by atoms with Gasteiger partial charge in [0.05, 0.1) is 11.4 Å². The highest BCUT2D eigenvalue weighted by Crippen LogP contribution is 2.42. The first-order valence-corrected chi connectivity index (χ1v) is 9.69. The number of nitrogens with zero attached hydrogens (tertiary/aromatic N) is 1. The average molecular weight is 381 g/mol. The van der Waals surface area contributed by atoms with Crippen LogP contribution in [0.25, 0.3) is 33.6 Å². The highest BCUT2D eigenvalue weighted by molar-refractivity contribution is 5.84. The molecule has 3 heteroatoms. The molecule has 0 amide bonds. The Hall–Kier alpha value is -3.46. The lowest BCUT2D eigenvalue weighted by atomic mass is 9.91. The molecule has 0 bridgehead atoms. The van der Waals surface area contributed by atoms with Gasteiger partial charge in [0.1, 0.15) is 18.2 Å². The van der Waals surface area contributed by atoms with Gasteiger partial charge >= 0.3 is 0 Å². The smallest absolute Gasteiger partial charge is 0.129 e. The van der Waals surface area contributed by atoms with Gasteiger partial charge in [0, 0.05) is 16.7 Å². The van der Waals surface area contributed by atoms with Crippen LogP contribution in [-0.4, -0.2) is 4.98 Å². The Balaban J connectivity index is 1.79. The molecule has 0 N–H and O–H groups in total. The first-order chi connectivity index (χ1) is 14.1. The van der Waals surface area contributed by atoms with Crippen LogP contribution in [0.15, 0.2) is 72.8 Å². The van der Waals surface area contributed by atoms with Crippen LogP contribution in [0.2, 0.25) is 0 Å². The molecule has 0 aliphatic carbocycles. The third kappa shape index (κ3) is 3.19. The van der Waals surface area contributed by atoms with Gasteiger partial charge in [-0.2, -0.15) is 0 Å². The normalized spacial score (nSPS) is 12.1. The molecule has 0 atom stereocenters. The molecule has 1 aromatic heterocycles. The molecule has 2 nitrogen and oxygen atoms in total. The Morgan fingerprint density at radius 1 is 0.759 bits per heavy atom. The SMILES string of the molecule is Cc1ccc(-c2cc(-c3ccc(F)cc3)nc3c2COc2ccc(C)cc2-3)cc1. The standard InChI is InChI=1S/C26H20FNO/c1-16-3-6-18(7-4-16)21-14-24(19-8-10-20(27)11-9-19)28-26-22-13-17(2)5-12-25(22)29-15-23(21)26/h3-14H,15H2,1-2H3. The van der Waals surface area contributed by atoms with Crippen LogP contribution < -0.4 is 4.74 Å². The second kappa shape index (κ2) is 6.85. The summed E-state index contributed by atoms with van der Waals surface area (Å²) >= 11 is 0. The van der Waals surface area contributed by atoms with Gasteiger partial charge in [-0.1, -0.05) is 41.5 Å². The van der Waals surface area contributed by atoms with Crippen molar-refractivity contribution in [2.24, 2.45) is 0 Å². The van der Waals surface area contributed by atoms with Gasteiger partial charge in [-0.05, 0) is 67.4 Å². The van der Waals surface area contributed by atoms with Crippen molar-refractivity contribution in [1.82, 2.24) is 4.98 Å². The number of aromatic nitrogens is 1. The van der Waals surface area contributed by atoms with Crippen molar-refractivity contribution in [2.45, 2.75) is 20.5 Å². The third-order valence-electron chi connectivity index (χ3n) is 5.39. The molecular formula is C26H20FNO. The second-order valence-corrected chi connectivity index (χ2v) is 7.54. The lowest BCUT2D eigenvalue weighted by molar-refractivity contribution is 0.302. The van der Waals surface area contributed by atoms with Crippen molar-refractivity contribution in [3.05, 3.63) is 95.3 Å². The maximum atomic E-state index is 13.5. The summed E-state index contributed by atoms with van der Waals surface area (Å²) in [5, 5.41) is 0. The number of halogens is 1. The average Bonchev–Trinajstić information content (AvgIpc) is 2.74. The van der Waals surface area contributed by atoms with Gasteiger partial charge in [-0.3, -0.25) is 0 Å². The fourth-order valence-electron chi connectivity index (χ4n) is 3.80. The van der Waals surface area contributed by atoms with E-state index >= 15 is 0 Å². The number of ether oxygens (including phenoxy) is 1. The molecule has 4 aromatic rings. The summed E-state index contributed by atoms with van der Waals surface area (Å²) in [6, 6.07) is 23.2. The van der Waals surface area contributed by atoms with Crippen LogP contribution in [-0.2, 0) is 6.61 Å². The Bertz CT molecular complexity index is 1210. The van der Waals surface area contributed by atoms with E-state index < -0.39 is 0 Å². The second-order valence-electron chi connectivity index (χ2n) is 7.54. The molecular weight excluding hydrogens is 361 g/mol. The monoisotopic (exact) mass is 381 g/mol. The Morgan fingerprint density at radius 2 is 1.45 bits per heavy atom. The van der Waals surface area contributed by atoms with Gasteiger partial charge in [0.15, 0.2) is 0 Å². The van der Waals surface area contributed by atoms with E-state index in [1.54, 1.807) is 12.1 Å². The molecule has 3 aromatic carbocycles. The zero-order valence-corrected chi connectivity index (χ0v) is 16.4. The summed E-state index contributed by atoms with van der Waals surface area (Å²) in [5.41, 5.74) is 9.34. The predicted molar refractivity (Wildman–Crippen MR) is 114 cm³/mol. The van der Waals surface area contributed by atoms with Gasteiger partial charge in [-0.15, -0.1) is 0 Å². The minimum absolute atomic E-state index is 0.250. The Labute approximate surface area is 169 Å². The number of pyridine rings is 1. The molecule has 2 heterocycles. The molecule has 5 rings (SSSR count). The molecule has 0 saturated heterocycles. The van der Waals surface area contributed by atoms with E-state index in [0.29, 0.717) is 6.61 Å². The summed E-state index contributed by atoms with van der Waals surface area (Å²) in [7, 11) is 0. The lowest BCUT2D eigenvalue weighted by Crippen LogP contribution is -2.10. The number of rotatable bonds is 2. The van der Waals surface area contributed by atoms with Crippen LogP contribution in [0.1, 0.15) is 16.7 Å². The quantitative estimate of drug-likeness (QED) is 0.384.